The van der Waals surface area contributed by atoms with Gasteiger partial charge in [0, 0.05) is 31.9 Å². The van der Waals surface area contributed by atoms with E-state index >= 15 is 0 Å². The standard InChI is InChI=1S/C15H19ClN6O/c1-17-14-11(8-16)9-19-15(21-14)20-12-2-3-13(18-10-12)22-4-6-23-7-5-22/h2-3,9-10H,4-8H2,1H3,(H2,17,19,20,21). The molecule has 2 N–H and O–H groups in total. The summed E-state index contributed by atoms with van der Waals surface area (Å²) in [4.78, 5) is 15.4. The predicted molar refractivity (Wildman–Crippen MR) is 91.7 cm³/mol. The van der Waals surface area contributed by atoms with E-state index in [-0.39, 0.29) is 0 Å². The van der Waals surface area contributed by atoms with Gasteiger partial charge >= 0.3 is 0 Å². The zero-order valence-electron chi connectivity index (χ0n) is 12.9. The van der Waals surface area contributed by atoms with Crippen molar-refractivity contribution < 1.29 is 4.74 Å². The molecule has 1 aliphatic rings. The van der Waals surface area contributed by atoms with Gasteiger partial charge in [0.25, 0.3) is 0 Å². The number of ether oxygens (including phenoxy) is 1. The molecule has 0 atom stereocenters. The van der Waals surface area contributed by atoms with E-state index in [1.807, 2.05) is 12.1 Å². The lowest BCUT2D eigenvalue weighted by Gasteiger charge is -2.27. The van der Waals surface area contributed by atoms with E-state index in [4.69, 9.17) is 16.3 Å². The molecule has 8 heteroatoms. The van der Waals surface area contributed by atoms with E-state index < -0.39 is 0 Å². The molecule has 0 spiro atoms. The molecule has 7 nitrogen and oxygen atoms in total. The Hall–Kier alpha value is -2.12. The van der Waals surface area contributed by atoms with Crippen LogP contribution in [0.15, 0.2) is 24.5 Å². The molecule has 2 aromatic rings. The van der Waals surface area contributed by atoms with Crippen LogP contribution in [-0.2, 0) is 10.6 Å². The van der Waals surface area contributed by atoms with E-state index in [9.17, 15) is 0 Å². The second-order valence-corrected chi connectivity index (χ2v) is 5.35. The quantitative estimate of drug-likeness (QED) is 0.812. The average Bonchev–Trinajstić information content (AvgIpc) is 2.63. The van der Waals surface area contributed by atoms with E-state index in [0.29, 0.717) is 11.8 Å². The number of hydrogen-bond acceptors (Lipinski definition) is 7. The van der Waals surface area contributed by atoms with E-state index in [0.717, 1.165) is 49.2 Å². The van der Waals surface area contributed by atoms with Crippen molar-refractivity contribution >= 4 is 34.9 Å². The highest BCUT2D eigenvalue weighted by Crippen LogP contribution is 2.20. The molecule has 1 fully saturated rings. The van der Waals surface area contributed by atoms with Gasteiger partial charge in [0.15, 0.2) is 0 Å². The number of halogens is 1. The summed E-state index contributed by atoms with van der Waals surface area (Å²) in [7, 11) is 1.81. The van der Waals surface area contributed by atoms with Gasteiger partial charge in [0.05, 0.1) is 31.0 Å². The number of alkyl halides is 1. The molecule has 3 rings (SSSR count). The highest BCUT2D eigenvalue weighted by molar-refractivity contribution is 6.17. The van der Waals surface area contributed by atoms with Crippen LogP contribution in [0.4, 0.5) is 23.3 Å². The van der Waals surface area contributed by atoms with Gasteiger partial charge in [-0.3, -0.25) is 0 Å². The van der Waals surface area contributed by atoms with Gasteiger partial charge in [-0.25, -0.2) is 9.97 Å². The Bertz CT molecular complexity index is 645. The number of morpholine rings is 1. The molecule has 0 aromatic carbocycles. The van der Waals surface area contributed by atoms with Gasteiger partial charge in [0.1, 0.15) is 11.6 Å². The van der Waals surface area contributed by atoms with Crippen molar-refractivity contribution in [1.82, 2.24) is 15.0 Å². The first kappa shape index (κ1) is 15.8. The van der Waals surface area contributed by atoms with Crippen molar-refractivity contribution in [2.75, 3.05) is 48.9 Å². The van der Waals surface area contributed by atoms with Crippen LogP contribution in [0.5, 0.6) is 0 Å². The lowest BCUT2D eigenvalue weighted by atomic mass is 10.3. The molecule has 0 bridgehead atoms. The van der Waals surface area contributed by atoms with Crippen molar-refractivity contribution in [3.8, 4) is 0 Å². The third-order valence-electron chi connectivity index (χ3n) is 3.58. The third kappa shape index (κ3) is 3.80. The summed E-state index contributed by atoms with van der Waals surface area (Å²) in [5, 5.41) is 6.16. The van der Waals surface area contributed by atoms with Crippen LogP contribution in [0.2, 0.25) is 0 Å². The number of hydrogen-bond donors (Lipinski definition) is 2. The van der Waals surface area contributed by atoms with Gasteiger partial charge in [-0.2, -0.15) is 4.98 Å². The lowest BCUT2D eigenvalue weighted by Crippen LogP contribution is -2.36. The second kappa shape index (κ2) is 7.43. The normalized spacial score (nSPS) is 14.6. The van der Waals surface area contributed by atoms with E-state index in [1.165, 1.54) is 0 Å². The number of anilines is 4. The second-order valence-electron chi connectivity index (χ2n) is 5.08. The van der Waals surface area contributed by atoms with Crippen molar-refractivity contribution in [2.45, 2.75) is 5.88 Å². The van der Waals surface area contributed by atoms with Crippen LogP contribution in [0.25, 0.3) is 0 Å². The Kier molecular flexibility index (Phi) is 5.09. The van der Waals surface area contributed by atoms with Crippen molar-refractivity contribution in [1.29, 1.82) is 0 Å². The molecular weight excluding hydrogens is 316 g/mol. The van der Waals surface area contributed by atoms with E-state index in [2.05, 4.69) is 30.5 Å². The Balaban J connectivity index is 1.70. The van der Waals surface area contributed by atoms with Gasteiger partial charge < -0.3 is 20.3 Å². The largest absolute Gasteiger partial charge is 0.378 e. The molecule has 23 heavy (non-hydrogen) atoms. The smallest absolute Gasteiger partial charge is 0.229 e. The highest BCUT2D eigenvalue weighted by atomic mass is 35.5. The van der Waals surface area contributed by atoms with Crippen LogP contribution >= 0.6 is 11.6 Å². The van der Waals surface area contributed by atoms with Crippen LogP contribution in [0.3, 0.4) is 0 Å². The Morgan fingerprint density at radius 2 is 2.04 bits per heavy atom. The molecule has 0 radical (unpaired) electrons. The van der Waals surface area contributed by atoms with Crippen molar-refractivity contribution in [3.63, 3.8) is 0 Å². The highest BCUT2D eigenvalue weighted by Gasteiger charge is 2.12. The summed E-state index contributed by atoms with van der Waals surface area (Å²) in [5.74, 6) is 2.54. The molecule has 0 amide bonds. The van der Waals surface area contributed by atoms with Crippen molar-refractivity contribution in [3.05, 3.63) is 30.1 Å². The molecule has 0 saturated carbocycles. The van der Waals surface area contributed by atoms with Gasteiger partial charge in [-0.15, -0.1) is 11.6 Å². The summed E-state index contributed by atoms with van der Waals surface area (Å²) in [6, 6.07) is 3.95. The van der Waals surface area contributed by atoms with Crippen LogP contribution in [0.1, 0.15) is 5.56 Å². The first-order chi connectivity index (χ1) is 11.3. The van der Waals surface area contributed by atoms with E-state index in [1.54, 1.807) is 19.4 Å². The number of nitrogens with one attached hydrogen (secondary N) is 2. The fourth-order valence-corrected chi connectivity index (χ4v) is 2.55. The number of pyridine rings is 1. The molecule has 2 aromatic heterocycles. The minimum absolute atomic E-state index is 0.367. The van der Waals surface area contributed by atoms with Gasteiger partial charge in [0.2, 0.25) is 5.95 Å². The fourth-order valence-electron chi connectivity index (χ4n) is 2.35. The minimum Gasteiger partial charge on any atom is -0.378 e. The maximum Gasteiger partial charge on any atom is 0.229 e. The molecule has 0 unspecified atom stereocenters. The maximum absolute atomic E-state index is 5.85. The molecule has 1 saturated heterocycles. The maximum atomic E-state index is 5.85. The topological polar surface area (TPSA) is 75.2 Å². The first-order valence-corrected chi connectivity index (χ1v) is 7.99. The van der Waals surface area contributed by atoms with Gasteiger partial charge in [-0.1, -0.05) is 0 Å². The number of rotatable bonds is 5. The molecule has 3 heterocycles. The van der Waals surface area contributed by atoms with Crippen LogP contribution in [0, 0.1) is 0 Å². The van der Waals surface area contributed by atoms with Gasteiger partial charge in [-0.05, 0) is 12.1 Å². The van der Waals surface area contributed by atoms with Crippen molar-refractivity contribution in [2.24, 2.45) is 0 Å². The number of aromatic nitrogens is 3. The summed E-state index contributed by atoms with van der Waals surface area (Å²) in [6.07, 6.45) is 3.49. The SMILES string of the molecule is CNc1nc(Nc2ccc(N3CCOCC3)nc2)ncc1CCl. The van der Waals surface area contributed by atoms with Crippen LogP contribution < -0.4 is 15.5 Å². The van der Waals surface area contributed by atoms with Crippen LogP contribution in [-0.4, -0.2) is 48.3 Å². The minimum atomic E-state index is 0.367. The molecule has 1 aliphatic heterocycles. The monoisotopic (exact) mass is 334 g/mol. The lowest BCUT2D eigenvalue weighted by molar-refractivity contribution is 0.122. The zero-order valence-corrected chi connectivity index (χ0v) is 13.7. The predicted octanol–water partition coefficient (Wildman–Crippen LogP) is 2.23. The third-order valence-corrected chi connectivity index (χ3v) is 3.87. The molecule has 122 valence electrons. The fraction of sp³-hybridized carbons (Fsp3) is 0.400. The average molecular weight is 335 g/mol. The molecular formula is C15H19ClN6O. The summed E-state index contributed by atoms with van der Waals surface area (Å²) in [6.45, 7) is 3.23. The summed E-state index contributed by atoms with van der Waals surface area (Å²) < 4.78 is 5.35. The summed E-state index contributed by atoms with van der Waals surface area (Å²) in [5.41, 5.74) is 1.70. The zero-order chi connectivity index (χ0) is 16.1. The Morgan fingerprint density at radius 3 is 2.70 bits per heavy atom. The first-order valence-electron chi connectivity index (χ1n) is 7.45. The summed E-state index contributed by atoms with van der Waals surface area (Å²) >= 11 is 5.85. The Morgan fingerprint density at radius 1 is 1.22 bits per heavy atom. The number of nitrogens with zero attached hydrogens (tertiary/aromatic N) is 4. The Labute approximate surface area is 140 Å². The molecule has 0 aliphatic carbocycles.